The van der Waals surface area contributed by atoms with Crippen LogP contribution in [-0.4, -0.2) is 23.8 Å². The molecule has 24 heavy (non-hydrogen) atoms. The smallest absolute Gasteiger partial charge is 0.191 e. The summed E-state index contributed by atoms with van der Waals surface area (Å²) in [5, 5.41) is 0. The fraction of sp³-hybridized carbons (Fsp3) is 0.300. The third-order valence-corrected chi connectivity index (χ3v) is 3.27. The lowest BCUT2D eigenvalue weighted by molar-refractivity contribution is -0.0381. The van der Waals surface area contributed by atoms with Crippen molar-refractivity contribution >= 4 is 12.1 Å². The highest BCUT2D eigenvalue weighted by atomic mass is 16.5. The summed E-state index contributed by atoms with van der Waals surface area (Å²) in [5.74, 6) is 1.10. The topological polar surface area (TPSA) is 52.6 Å². The van der Waals surface area contributed by atoms with Crippen molar-refractivity contribution in [2.45, 2.75) is 39.4 Å². The predicted octanol–water partition coefficient (Wildman–Crippen LogP) is 4.68. The molecule has 0 spiro atoms. The minimum absolute atomic E-state index is 0.0700. The molecule has 0 aromatic heterocycles. The molecule has 2 aromatic carbocycles. The van der Waals surface area contributed by atoms with Gasteiger partial charge in [-0.15, -0.1) is 0 Å². The van der Waals surface area contributed by atoms with Crippen LogP contribution in [-0.2, 0) is 4.74 Å². The third kappa shape index (κ3) is 5.03. The SMILES string of the molecule is CC(OC(C)(C)C)C(=O)c1ccc(Oc2cccc(C=O)c2)cc1. The second-order valence-electron chi connectivity index (χ2n) is 6.55. The number of ether oxygens (including phenoxy) is 2. The summed E-state index contributed by atoms with van der Waals surface area (Å²) in [4.78, 5) is 23.2. The van der Waals surface area contributed by atoms with Crippen LogP contribution in [0.25, 0.3) is 0 Å². The highest BCUT2D eigenvalue weighted by Gasteiger charge is 2.22. The molecule has 0 saturated carbocycles. The Kier molecular flexibility index (Phi) is 5.52. The van der Waals surface area contributed by atoms with E-state index in [0.717, 1.165) is 6.29 Å². The van der Waals surface area contributed by atoms with Crippen LogP contribution in [0.2, 0.25) is 0 Å². The quantitative estimate of drug-likeness (QED) is 0.571. The molecule has 1 unspecified atom stereocenters. The molecule has 2 aromatic rings. The van der Waals surface area contributed by atoms with Crippen LogP contribution in [0.4, 0.5) is 0 Å². The number of ketones is 1. The van der Waals surface area contributed by atoms with E-state index in [2.05, 4.69) is 0 Å². The van der Waals surface area contributed by atoms with E-state index in [-0.39, 0.29) is 11.4 Å². The second-order valence-corrected chi connectivity index (χ2v) is 6.55. The molecular weight excluding hydrogens is 304 g/mol. The molecular formula is C20H22O4. The number of aldehydes is 1. The zero-order chi connectivity index (χ0) is 17.7. The Bertz CT molecular complexity index is 711. The molecule has 0 aliphatic carbocycles. The monoisotopic (exact) mass is 326 g/mol. The first kappa shape index (κ1) is 17.9. The van der Waals surface area contributed by atoms with Crippen molar-refractivity contribution in [3.8, 4) is 11.5 Å². The van der Waals surface area contributed by atoms with Crippen LogP contribution in [0, 0.1) is 0 Å². The Labute approximate surface area is 142 Å². The molecule has 0 bridgehead atoms. The van der Waals surface area contributed by atoms with Gasteiger partial charge in [-0.05, 0) is 64.1 Å². The molecule has 0 fully saturated rings. The number of hydrogen-bond donors (Lipinski definition) is 0. The second kappa shape index (κ2) is 7.41. The molecule has 126 valence electrons. The van der Waals surface area contributed by atoms with E-state index in [1.54, 1.807) is 55.5 Å². The zero-order valence-corrected chi connectivity index (χ0v) is 14.4. The standard InChI is InChI=1S/C20H22O4/c1-14(24-20(2,3)4)19(22)16-8-10-17(11-9-16)23-18-7-5-6-15(12-18)13-21/h5-14H,1-4H3. The van der Waals surface area contributed by atoms with Gasteiger partial charge in [-0.1, -0.05) is 12.1 Å². The van der Waals surface area contributed by atoms with Crippen molar-refractivity contribution in [2.75, 3.05) is 0 Å². The number of rotatable bonds is 6. The number of Topliss-reactive ketones (excluding diaryl/α,β-unsaturated/α-hetero) is 1. The highest BCUT2D eigenvalue weighted by Crippen LogP contribution is 2.23. The first-order valence-corrected chi connectivity index (χ1v) is 7.84. The Morgan fingerprint density at radius 3 is 2.29 bits per heavy atom. The summed E-state index contributed by atoms with van der Waals surface area (Å²) in [6, 6.07) is 13.8. The molecule has 0 aliphatic rings. The number of carbonyl (C=O) groups excluding carboxylic acids is 2. The van der Waals surface area contributed by atoms with Gasteiger partial charge in [0.1, 0.15) is 23.9 Å². The maximum Gasteiger partial charge on any atom is 0.191 e. The molecule has 0 N–H and O–H groups in total. The van der Waals surface area contributed by atoms with Gasteiger partial charge < -0.3 is 9.47 Å². The van der Waals surface area contributed by atoms with Crippen LogP contribution in [0.5, 0.6) is 11.5 Å². The maximum atomic E-state index is 12.4. The highest BCUT2D eigenvalue weighted by molar-refractivity contribution is 5.99. The van der Waals surface area contributed by atoms with Gasteiger partial charge in [-0.2, -0.15) is 0 Å². The van der Waals surface area contributed by atoms with Crippen molar-refractivity contribution < 1.29 is 19.1 Å². The normalized spacial score (nSPS) is 12.5. The molecule has 4 heteroatoms. The van der Waals surface area contributed by atoms with Gasteiger partial charge in [-0.25, -0.2) is 0 Å². The van der Waals surface area contributed by atoms with E-state index in [1.165, 1.54) is 0 Å². The summed E-state index contributed by atoms with van der Waals surface area (Å²) < 4.78 is 11.4. The van der Waals surface area contributed by atoms with Crippen LogP contribution < -0.4 is 4.74 Å². The van der Waals surface area contributed by atoms with Gasteiger partial charge in [0, 0.05) is 11.1 Å². The Balaban J connectivity index is 2.07. The van der Waals surface area contributed by atoms with E-state index < -0.39 is 6.10 Å². The van der Waals surface area contributed by atoms with Crippen LogP contribution in [0.1, 0.15) is 48.4 Å². The van der Waals surface area contributed by atoms with Crippen molar-refractivity contribution in [2.24, 2.45) is 0 Å². The van der Waals surface area contributed by atoms with E-state index in [1.807, 2.05) is 20.8 Å². The third-order valence-electron chi connectivity index (χ3n) is 3.27. The lowest BCUT2D eigenvalue weighted by atomic mass is 10.1. The Hall–Kier alpha value is -2.46. The Morgan fingerprint density at radius 2 is 1.71 bits per heavy atom. The zero-order valence-electron chi connectivity index (χ0n) is 14.4. The number of benzene rings is 2. The first-order valence-electron chi connectivity index (χ1n) is 7.84. The maximum absolute atomic E-state index is 12.4. The summed E-state index contributed by atoms with van der Waals surface area (Å²) in [5.41, 5.74) is 0.745. The molecule has 1 atom stereocenters. The van der Waals surface area contributed by atoms with Crippen molar-refractivity contribution in [1.82, 2.24) is 0 Å². The molecule has 0 amide bonds. The van der Waals surface area contributed by atoms with E-state index >= 15 is 0 Å². The molecule has 0 heterocycles. The molecule has 4 nitrogen and oxygen atoms in total. The van der Waals surface area contributed by atoms with Gasteiger partial charge in [-0.3, -0.25) is 9.59 Å². The first-order chi connectivity index (χ1) is 11.3. The largest absolute Gasteiger partial charge is 0.457 e. The van der Waals surface area contributed by atoms with Crippen molar-refractivity contribution in [3.05, 3.63) is 59.7 Å². The summed E-state index contributed by atoms with van der Waals surface area (Å²) in [6.07, 6.45) is 0.256. The molecule has 0 radical (unpaired) electrons. The van der Waals surface area contributed by atoms with Gasteiger partial charge >= 0.3 is 0 Å². The molecule has 0 aliphatic heterocycles. The molecule has 2 rings (SSSR count). The fourth-order valence-corrected chi connectivity index (χ4v) is 2.29. The van der Waals surface area contributed by atoms with E-state index in [0.29, 0.717) is 22.6 Å². The predicted molar refractivity (Wildman–Crippen MR) is 93.0 cm³/mol. The van der Waals surface area contributed by atoms with Gasteiger partial charge in [0.05, 0.1) is 5.60 Å². The summed E-state index contributed by atoms with van der Waals surface area (Å²) in [6.45, 7) is 7.51. The molecule has 0 saturated heterocycles. The lowest BCUT2D eigenvalue weighted by Gasteiger charge is -2.24. The van der Waals surface area contributed by atoms with Crippen LogP contribution in [0.3, 0.4) is 0 Å². The van der Waals surface area contributed by atoms with Crippen LogP contribution in [0.15, 0.2) is 48.5 Å². The lowest BCUT2D eigenvalue weighted by Crippen LogP contribution is -2.31. The summed E-state index contributed by atoms with van der Waals surface area (Å²) in [7, 11) is 0. The number of carbonyl (C=O) groups is 2. The van der Waals surface area contributed by atoms with Crippen molar-refractivity contribution in [3.63, 3.8) is 0 Å². The van der Waals surface area contributed by atoms with Crippen LogP contribution >= 0.6 is 0 Å². The van der Waals surface area contributed by atoms with Gasteiger partial charge in [0.2, 0.25) is 0 Å². The average Bonchev–Trinajstić information content (AvgIpc) is 2.53. The summed E-state index contributed by atoms with van der Waals surface area (Å²) >= 11 is 0. The van der Waals surface area contributed by atoms with E-state index in [9.17, 15) is 9.59 Å². The van der Waals surface area contributed by atoms with Gasteiger partial charge in [0.15, 0.2) is 5.78 Å². The number of hydrogen-bond acceptors (Lipinski definition) is 4. The minimum Gasteiger partial charge on any atom is -0.457 e. The van der Waals surface area contributed by atoms with Crippen molar-refractivity contribution in [1.29, 1.82) is 0 Å². The van der Waals surface area contributed by atoms with E-state index in [4.69, 9.17) is 9.47 Å². The fourth-order valence-electron chi connectivity index (χ4n) is 2.29. The average molecular weight is 326 g/mol. The Morgan fingerprint density at radius 1 is 1.04 bits per heavy atom. The van der Waals surface area contributed by atoms with Gasteiger partial charge in [0.25, 0.3) is 0 Å². The minimum atomic E-state index is -0.513.